The van der Waals surface area contributed by atoms with Crippen LogP contribution in [0.1, 0.15) is 17.4 Å². The van der Waals surface area contributed by atoms with E-state index in [0.29, 0.717) is 17.8 Å². The molecule has 0 radical (unpaired) electrons. The van der Waals surface area contributed by atoms with Gasteiger partial charge in [0.25, 0.3) is 0 Å². The van der Waals surface area contributed by atoms with Gasteiger partial charge in [-0.25, -0.2) is 8.42 Å². The predicted octanol–water partition coefficient (Wildman–Crippen LogP) is 2.70. The van der Waals surface area contributed by atoms with E-state index in [0.717, 1.165) is 4.88 Å². The van der Waals surface area contributed by atoms with E-state index in [1.807, 2.05) is 17.5 Å². The minimum absolute atomic E-state index is 0.0595. The summed E-state index contributed by atoms with van der Waals surface area (Å²) in [6.45, 7) is 1.86. The van der Waals surface area contributed by atoms with Crippen molar-refractivity contribution in [3.63, 3.8) is 0 Å². The smallest absolute Gasteiger partial charge is 0.242 e. The van der Waals surface area contributed by atoms with E-state index < -0.39 is 21.5 Å². The zero-order valence-electron chi connectivity index (χ0n) is 12.7. The molecule has 0 unspecified atom stereocenters. The second-order valence-electron chi connectivity index (χ2n) is 4.93. The number of sulfone groups is 1. The first kappa shape index (κ1) is 17.3. The van der Waals surface area contributed by atoms with Crippen LogP contribution in [0.4, 0.5) is 5.69 Å². The predicted molar refractivity (Wildman–Crippen MR) is 94.2 cm³/mol. The van der Waals surface area contributed by atoms with Crippen molar-refractivity contribution in [3.8, 4) is 12.3 Å². The molecule has 0 spiro atoms. The Morgan fingerprint density at radius 2 is 2.09 bits per heavy atom. The third-order valence-corrected chi connectivity index (χ3v) is 5.73. The summed E-state index contributed by atoms with van der Waals surface area (Å²) in [4.78, 5) is 15.0. The second kappa shape index (κ2) is 7.44. The highest BCUT2D eigenvalue weighted by atomic mass is 32.2. The highest BCUT2D eigenvalue weighted by Crippen LogP contribution is 2.21. The van der Waals surface area contributed by atoms with Crippen LogP contribution >= 0.6 is 11.3 Å². The third kappa shape index (κ3) is 4.68. The molecule has 0 atom stereocenters. The van der Waals surface area contributed by atoms with Crippen molar-refractivity contribution in [3.05, 3.63) is 52.2 Å². The van der Waals surface area contributed by atoms with E-state index in [4.69, 9.17) is 6.42 Å². The summed E-state index contributed by atoms with van der Waals surface area (Å²) in [5, 5.41) is 1.92. The van der Waals surface area contributed by atoms with Crippen LogP contribution in [0.15, 0.2) is 41.8 Å². The van der Waals surface area contributed by atoms with Crippen molar-refractivity contribution < 1.29 is 13.2 Å². The summed E-state index contributed by atoms with van der Waals surface area (Å²) in [6.07, 6.45) is 5.41. The number of hydrogen-bond acceptors (Lipinski definition) is 4. The van der Waals surface area contributed by atoms with Crippen molar-refractivity contribution in [1.82, 2.24) is 0 Å². The summed E-state index contributed by atoms with van der Waals surface area (Å²) in [7, 11) is -3.39. The first-order valence-corrected chi connectivity index (χ1v) is 9.75. The van der Waals surface area contributed by atoms with Gasteiger partial charge in [0.05, 0.1) is 6.54 Å². The Hall–Kier alpha value is -2.10. The van der Waals surface area contributed by atoms with E-state index in [1.165, 1.54) is 23.2 Å². The molecule has 2 aromatic rings. The maximum atomic E-state index is 12.5. The topological polar surface area (TPSA) is 54.5 Å². The molecule has 0 saturated carbocycles. The van der Waals surface area contributed by atoms with E-state index in [-0.39, 0.29) is 5.75 Å². The lowest BCUT2D eigenvalue weighted by Gasteiger charge is -2.22. The zero-order chi connectivity index (χ0) is 16.9. The van der Waals surface area contributed by atoms with Gasteiger partial charge in [0, 0.05) is 21.9 Å². The fourth-order valence-electron chi connectivity index (χ4n) is 2.01. The van der Waals surface area contributed by atoms with Crippen molar-refractivity contribution >= 4 is 32.8 Å². The SMILES string of the molecule is C#Cc1cccc(N(Cc2cccs2)C(=O)CS(=O)(=O)CC)c1. The van der Waals surface area contributed by atoms with E-state index in [9.17, 15) is 13.2 Å². The molecule has 0 aliphatic heterocycles. The average Bonchev–Trinajstić information content (AvgIpc) is 3.05. The Kier molecular flexibility index (Phi) is 5.59. The molecule has 6 heteroatoms. The Morgan fingerprint density at radius 1 is 1.30 bits per heavy atom. The number of terminal acetylenes is 1. The van der Waals surface area contributed by atoms with Crippen LogP contribution in [0.25, 0.3) is 0 Å². The van der Waals surface area contributed by atoms with Crippen LogP contribution in [-0.2, 0) is 21.2 Å². The van der Waals surface area contributed by atoms with Crippen LogP contribution in [-0.4, -0.2) is 25.8 Å². The summed E-state index contributed by atoms with van der Waals surface area (Å²) in [6, 6.07) is 10.8. The Labute approximate surface area is 140 Å². The molecule has 1 amide bonds. The van der Waals surface area contributed by atoms with Crippen molar-refractivity contribution in [2.45, 2.75) is 13.5 Å². The van der Waals surface area contributed by atoms with Gasteiger partial charge in [0.2, 0.25) is 5.91 Å². The van der Waals surface area contributed by atoms with Crippen molar-refractivity contribution in [2.24, 2.45) is 0 Å². The van der Waals surface area contributed by atoms with Gasteiger partial charge in [0.1, 0.15) is 5.75 Å². The molecule has 120 valence electrons. The molecule has 2 rings (SSSR count). The van der Waals surface area contributed by atoms with Gasteiger partial charge in [-0.1, -0.05) is 25.0 Å². The molecule has 0 aliphatic rings. The number of nitrogens with zero attached hydrogens (tertiary/aromatic N) is 1. The van der Waals surface area contributed by atoms with Gasteiger partial charge in [-0.05, 0) is 29.6 Å². The molecule has 0 N–H and O–H groups in total. The zero-order valence-corrected chi connectivity index (χ0v) is 14.4. The number of carbonyl (C=O) groups is 1. The first-order valence-electron chi connectivity index (χ1n) is 7.05. The van der Waals surface area contributed by atoms with Gasteiger partial charge in [-0.2, -0.15) is 0 Å². The van der Waals surface area contributed by atoms with Crippen LogP contribution in [0.2, 0.25) is 0 Å². The van der Waals surface area contributed by atoms with E-state index >= 15 is 0 Å². The van der Waals surface area contributed by atoms with Gasteiger partial charge >= 0.3 is 0 Å². The van der Waals surface area contributed by atoms with Crippen LogP contribution in [0, 0.1) is 12.3 Å². The summed E-state index contributed by atoms with van der Waals surface area (Å²) < 4.78 is 23.6. The molecular weight excluding hydrogens is 330 g/mol. The van der Waals surface area contributed by atoms with Crippen molar-refractivity contribution in [2.75, 3.05) is 16.4 Å². The quantitative estimate of drug-likeness (QED) is 0.755. The van der Waals surface area contributed by atoms with E-state index in [1.54, 1.807) is 24.3 Å². The number of anilines is 1. The minimum Gasteiger partial charge on any atom is -0.306 e. The van der Waals surface area contributed by atoms with E-state index in [2.05, 4.69) is 5.92 Å². The molecule has 1 aromatic carbocycles. The van der Waals surface area contributed by atoms with Gasteiger partial charge in [-0.15, -0.1) is 17.8 Å². The molecule has 0 saturated heterocycles. The Balaban J connectivity index is 2.35. The highest BCUT2D eigenvalue weighted by molar-refractivity contribution is 7.92. The lowest BCUT2D eigenvalue weighted by atomic mass is 10.2. The molecule has 0 fully saturated rings. The van der Waals surface area contributed by atoms with Crippen LogP contribution in [0.3, 0.4) is 0 Å². The largest absolute Gasteiger partial charge is 0.306 e. The maximum Gasteiger partial charge on any atom is 0.242 e. The minimum atomic E-state index is -3.39. The molecule has 0 bridgehead atoms. The lowest BCUT2D eigenvalue weighted by Crippen LogP contribution is -2.35. The number of carbonyl (C=O) groups excluding carboxylic acids is 1. The van der Waals surface area contributed by atoms with Crippen LogP contribution < -0.4 is 4.90 Å². The third-order valence-electron chi connectivity index (χ3n) is 3.30. The molecule has 1 heterocycles. The summed E-state index contributed by atoms with van der Waals surface area (Å²) >= 11 is 1.51. The number of hydrogen-bond donors (Lipinski definition) is 0. The molecule has 0 aliphatic carbocycles. The van der Waals surface area contributed by atoms with Crippen LogP contribution in [0.5, 0.6) is 0 Å². The van der Waals surface area contributed by atoms with Gasteiger partial charge < -0.3 is 4.90 Å². The molecule has 1 aromatic heterocycles. The summed E-state index contributed by atoms with van der Waals surface area (Å²) in [5.74, 6) is 1.51. The number of benzene rings is 1. The highest BCUT2D eigenvalue weighted by Gasteiger charge is 2.22. The number of thiophene rings is 1. The van der Waals surface area contributed by atoms with Gasteiger partial charge in [0.15, 0.2) is 9.84 Å². The van der Waals surface area contributed by atoms with Crippen molar-refractivity contribution in [1.29, 1.82) is 0 Å². The molecular formula is C17H17NO3S2. The normalized spacial score (nSPS) is 11.0. The first-order chi connectivity index (χ1) is 10.9. The molecule has 23 heavy (non-hydrogen) atoms. The number of amides is 1. The second-order valence-corrected chi connectivity index (χ2v) is 8.32. The summed E-state index contributed by atoms with van der Waals surface area (Å²) in [5.41, 5.74) is 1.25. The van der Waals surface area contributed by atoms with Gasteiger partial charge in [-0.3, -0.25) is 4.79 Å². The maximum absolute atomic E-state index is 12.5. The molecule has 4 nitrogen and oxygen atoms in total. The Morgan fingerprint density at radius 3 is 2.70 bits per heavy atom. The Bertz CT molecular complexity index is 818. The fraction of sp³-hybridized carbons (Fsp3) is 0.235. The number of rotatable bonds is 6. The monoisotopic (exact) mass is 347 g/mol. The fourth-order valence-corrected chi connectivity index (χ4v) is 3.44. The lowest BCUT2D eigenvalue weighted by molar-refractivity contribution is -0.116. The standard InChI is InChI=1S/C17H17NO3S2/c1-3-14-7-5-8-15(11-14)18(12-16-9-6-10-22-16)17(19)13-23(20,21)4-2/h1,5-11H,4,12-13H2,2H3. The average molecular weight is 347 g/mol.